The fraction of sp³-hybridized carbons (Fsp3) is 0.200. The summed E-state index contributed by atoms with van der Waals surface area (Å²) in [4.78, 5) is 22.1. The van der Waals surface area contributed by atoms with E-state index in [4.69, 9.17) is 5.11 Å². The predicted molar refractivity (Wildman–Crippen MR) is 50.8 cm³/mol. The number of ketones is 1. The molecular formula is C10H9NO3. The number of nitrogens with one attached hydrogen (secondary N) is 1. The van der Waals surface area contributed by atoms with Gasteiger partial charge in [-0.25, -0.2) is 4.79 Å². The lowest BCUT2D eigenvalue weighted by molar-refractivity contribution is 0.0697. The predicted octanol–water partition coefficient (Wildman–Crippen LogP) is 1.38. The zero-order valence-electron chi connectivity index (χ0n) is 7.41. The standard InChI is InChI=1S/C10H9NO3/c12-9-3-4-11-8-2-1-6(10(13)14)5-7(8)9/h1-2,5,11H,3-4H2,(H,13,14). The van der Waals surface area contributed by atoms with Crippen LogP contribution in [-0.4, -0.2) is 23.4 Å². The zero-order chi connectivity index (χ0) is 10.1. The van der Waals surface area contributed by atoms with Crippen LogP contribution in [0.2, 0.25) is 0 Å². The molecule has 4 nitrogen and oxygen atoms in total. The van der Waals surface area contributed by atoms with Crippen LogP contribution in [0.1, 0.15) is 27.1 Å². The van der Waals surface area contributed by atoms with E-state index >= 15 is 0 Å². The number of anilines is 1. The molecule has 0 radical (unpaired) electrons. The third kappa shape index (κ3) is 1.35. The van der Waals surface area contributed by atoms with Gasteiger partial charge in [-0.2, -0.15) is 0 Å². The lowest BCUT2D eigenvalue weighted by Crippen LogP contribution is -2.18. The number of fused-ring (bicyclic) bond motifs is 1. The molecule has 0 bridgehead atoms. The van der Waals surface area contributed by atoms with Gasteiger partial charge in [0.25, 0.3) is 0 Å². The molecule has 0 amide bonds. The summed E-state index contributed by atoms with van der Waals surface area (Å²) in [5.74, 6) is -1.01. The highest BCUT2D eigenvalue weighted by Crippen LogP contribution is 2.22. The number of carboxylic acids is 1. The number of hydrogen-bond donors (Lipinski definition) is 2. The van der Waals surface area contributed by atoms with Crippen molar-refractivity contribution in [3.63, 3.8) is 0 Å². The van der Waals surface area contributed by atoms with E-state index in [2.05, 4.69) is 5.32 Å². The Balaban J connectivity index is 2.51. The van der Waals surface area contributed by atoms with Gasteiger partial charge < -0.3 is 10.4 Å². The quantitative estimate of drug-likeness (QED) is 0.703. The number of Topliss-reactive ketones (excluding diaryl/α,β-unsaturated/α-hetero) is 1. The van der Waals surface area contributed by atoms with Crippen molar-refractivity contribution in [2.45, 2.75) is 6.42 Å². The van der Waals surface area contributed by atoms with Crippen LogP contribution in [0.15, 0.2) is 18.2 Å². The van der Waals surface area contributed by atoms with Gasteiger partial charge in [-0.15, -0.1) is 0 Å². The van der Waals surface area contributed by atoms with E-state index in [0.29, 0.717) is 18.5 Å². The van der Waals surface area contributed by atoms with Gasteiger partial charge in [-0.1, -0.05) is 0 Å². The molecule has 0 saturated carbocycles. The van der Waals surface area contributed by atoms with Crippen LogP contribution >= 0.6 is 0 Å². The highest BCUT2D eigenvalue weighted by atomic mass is 16.4. The van der Waals surface area contributed by atoms with E-state index in [1.807, 2.05) is 0 Å². The van der Waals surface area contributed by atoms with E-state index < -0.39 is 5.97 Å². The average molecular weight is 191 g/mol. The van der Waals surface area contributed by atoms with Crippen molar-refractivity contribution in [2.75, 3.05) is 11.9 Å². The summed E-state index contributed by atoms with van der Waals surface area (Å²) in [5.41, 5.74) is 1.36. The van der Waals surface area contributed by atoms with Gasteiger partial charge in [0, 0.05) is 24.2 Å². The van der Waals surface area contributed by atoms with Crippen molar-refractivity contribution in [2.24, 2.45) is 0 Å². The van der Waals surface area contributed by atoms with E-state index in [-0.39, 0.29) is 11.3 Å². The summed E-state index contributed by atoms with van der Waals surface area (Å²) >= 11 is 0. The maximum atomic E-state index is 11.4. The number of carboxylic acid groups (broad SMARTS) is 1. The molecule has 14 heavy (non-hydrogen) atoms. The lowest BCUT2D eigenvalue weighted by Gasteiger charge is -2.16. The minimum absolute atomic E-state index is 0.00171. The SMILES string of the molecule is O=C(O)c1ccc2c(c1)C(=O)CCN2. The average Bonchev–Trinajstić information content (AvgIpc) is 2.18. The molecule has 0 aromatic heterocycles. The van der Waals surface area contributed by atoms with Gasteiger partial charge in [0.2, 0.25) is 0 Å². The van der Waals surface area contributed by atoms with Gasteiger partial charge in [-0.05, 0) is 18.2 Å². The number of hydrogen-bond acceptors (Lipinski definition) is 3. The summed E-state index contributed by atoms with van der Waals surface area (Å²) in [6.45, 7) is 0.623. The Hall–Kier alpha value is -1.84. The van der Waals surface area contributed by atoms with Crippen molar-refractivity contribution >= 4 is 17.4 Å². The summed E-state index contributed by atoms with van der Waals surface area (Å²) in [6, 6.07) is 4.55. The fourth-order valence-electron chi connectivity index (χ4n) is 1.51. The Morgan fingerprint density at radius 3 is 2.93 bits per heavy atom. The van der Waals surface area contributed by atoms with Crippen molar-refractivity contribution in [3.05, 3.63) is 29.3 Å². The largest absolute Gasteiger partial charge is 0.478 e. The second kappa shape index (κ2) is 3.14. The van der Waals surface area contributed by atoms with Crippen LogP contribution in [0, 0.1) is 0 Å². The number of carbonyl (C=O) groups is 2. The Bertz CT molecular complexity index is 412. The van der Waals surface area contributed by atoms with Gasteiger partial charge in [0.1, 0.15) is 0 Å². The summed E-state index contributed by atoms with van der Waals surface area (Å²) in [7, 11) is 0. The van der Waals surface area contributed by atoms with Crippen molar-refractivity contribution < 1.29 is 14.7 Å². The van der Waals surface area contributed by atoms with Crippen LogP contribution < -0.4 is 5.32 Å². The molecule has 1 heterocycles. The van der Waals surface area contributed by atoms with E-state index in [1.54, 1.807) is 6.07 Å². The molecule has 1 aromatic rings. The van der Waals surface area contributed by atoms with Crippen LogP contribution in [0.25, 0.3) is 0 Å². The van der Waals surface area contributed by atoms with Gasteiger partial charge in [0.05, 0.1) is 5.56 Å². The minimum atomic E-state index is -1.01. The van der Waals surface area contributed by atoms with Crippen molar-refractivity contribution in [3.8, 4) is 0 Å². The molecule has 72 valence electrons. The summed E-state index contributed by atoms with van der Waals surface area (Å²) < 4.78 is 0. The van der Waals surface area contributed by atoms with E-state index in [1.165, 1.54) is 12.1 Å². The number of aromatic carboxylic acids is 1. The molecule has 1 aliphatic rings. The monoisotopic (exact) mass is 191 g/mol. The second-order valence-corrected chi connectivity index (χ2v) is 3.17. The van der Waals surface area contributed by atoms with Crippen molar-refractivity contribution in [1.82, 2.24) is 0 Å². The second-order valence-electron chi connectivity index (χ2n) is 3.17. The van der Waals surface area contributed by atoms with E-state index in [0.717, 1.165) is 5.69 Å². The highest BCUT2D eigenvalue weighted by molar-refractivity contribution is 6.05. The fourth-order valence-corrected chi connectivity index (χ4v) is 1.51. The van der Waals surface area contributed by atoms with Crippen LogP contribution in [0.5, 0.6) is 0 Å². The number of rotatable bonds is 1. The molecule has 0 atom stereocenters. The Kier molecular flexibility index (Phi) is 1.96. The molecule has 0 saturated heterocycles. The first-order chi connectivity index (χ1) is 6.68. The first-order valence-electron chi connectivity index (χ1n) is 4.33. The maximum Gasteiger partial charge on any atom is 0.335 e. The third-order valence-electron chi connectivity index (χ3n) is 2.23. The molecule has 1 aliphatic heterocycles. The highest BCUT2D eigenvalue weighted by Gasteiger charge is 2.18. The van der Waals surface area contributed by atoms with Crippen molar-refractivity contribution in [1.29, 1.82) is 0 Å². The Morgan fingerprint density at radius 2 is 2.21 bits per heavy atom. The smallest absolute Gasteiger partial charge is 0.335 e. The number of carbonyl (C=O) groups excluding carboxylic acids is 1. The Morgan fingerprint density at radius 1 is 1.43 bits per heavy atom. The van der Waals surface area contributed by atoms with Crippen LogP contribution in [-0.2, 0) is 0 Å². The first-order valence-corrected chi connectivity index (χ1v) is 4.33. The molecule has 0 spiro atoms. The maximum absolute atomic E-state index is 11.4. The molecule has 1 aromatic carbocycles. The zero-order valence-corrected chi connectivity index (χ0v) is 7.41. The van der Waals surface area contributed by atoms with Crippen LogP contribution in [0.4, 0.5) is 5.69 Å². The molecule has 0 fully saturated rings. The van der Waals surface area contributed by atoms with Gasteiger partial charge in [-0.3, -0.25) is 4.79 Å². The number of benzene rings is 1. The topological polar surface area (TPSA) is 66.4 Å². The summed E-state index contributed by atoms with van der Waals surface area (Å²) in [5, 5.41) is 11.8. The molecule has 0 aliphatic carbocycles. The van der Waals surface area contributed by atoms with E-state index in [9.17, 15) is 9.59 Å². The lowest BCUT2D eigenvalue weighted by atomic mass is 10.00. The molecule has 4 heteroatoms. The first kappa shape index (κ1) is 8.74. The Labute approximate surface area is 80.6 Å². The molecular weight excluding hydrogens is 182 g/mol. The summed E-state index contributed by atoms with van der Waals surface area (Å²) in [6.07, 6.45) is 0.427. The molecule has 2 rings (SSSR count). The van der Waals surface area contributed by atoms with Gasteiger partial charge in [0.15, 0.2) is 5.78 Å². The van der Waals surface area contributed by atoms with Gasteiger partial charge >= 0.3 is 5.97 Å². The minimum Gasteiger partial charge on any atom is -0.478 e. The normalized spacial score (nSPS) is 14.4. The van der Waals surface area contributed by atoms with Crippen LogP contribution in [0.3, 0.4) is 0 Å². The third-order valence-corrected chi connectivity index (χ3v) is 2.23. The molecule has 2 N–H and O–H groups in total. The molecule has 0 unspecified atom stereocenters.